The fourth-order valence-electron chi connectivity index (χ4n) is 2.56. The van der Waals surface area contributed by atoms with E-state index in [0.717, 1.165) is 30.3 Å². The number of alkyl halides is 3. The van der Waals surface area contributed by atoms with Gasteiger partial charge in [-0.2, -0.15) is 13.2 Å². The molecule has 27 heavy (non-hydrogen) atoms. The first kappa shape index (κ1) is 18.8. The van der Waals surface area contributed by atoms with Gasteiger partial charge in [-0.25, -0.2) is 8.78 Å². The van der Waals surface area contributed by atoms with Crippen molar-refractivity contribution in [1.29, 1.82) is 0 Å². The molecule has 0 aliphatic carbocycles. The van der Waals surface area contributed by atoms with Gasteiger partial charge in [0.1, 0.15) is 11.6 Å². The van der Waals surface area contributed by atoms with Crippen LogP contribution in [0.15, 0.2) is 47.6 Å². The van der Waals surface area contributed by atoms with E-state index in [0.29, 0.717) is 0 Å². The van der Waals surface area contributed by atoms with Crippen LogP contribution >= 0.6 is 0 Å². The zero-order valence-electron chi connectivity index (χ0n) is 13.7. The third-order valence-electron chi connectivity index (χ3n) is 3.92. The molecule has 2 aromatic rings. The number of hydrogen-bond donors (Lipinski definition) is 1. The van der Waals surface area contributed by atoms with Crippen molar-refractivity contribution in [3.8, 4) is 0 Å². The first-order valence-corrected chi connectivity index (χ1v) is 7.86. The van der Waals surface area contributed by atoms with Crippen molar-refractivity contribution in [3.63, 3.8) is 0 Å². The van der Waals surface area contributed by atoms with Crippen LogP contribution in [-0.4, -0.2) is 17.7 Å². The molecule has 1 aliphatic rings. The zero-order valence-corrected chi connectivity index (χ0v) is 13.7. The number of nitrogens with zero attached hydrogens (tertiary/aromatic N) is 1. The topological polar surface area (TPSA) is 50.7 Å². The summed E-state index contributed by atoms with van der Waals surface area (Å²) in [5.74, 6) is -1.99. The van der Waals surface area contributed by atoms with Gasteiger partial charge in [-0.15, -0.1) is 0 Å². The van der Waals surface area contributed by atoms with Crippen molar-refractivity contribution in [2.75, 3.05) is 0 Å². The van der Waals surface area contributed by atoms with Crippen LogP contribution in [0.2, 0.25) is 0 Å². The summed E-state index contributed by atoms with van der Waals surface area (Å²) >= 11 is 0. The van der Waals surface area contributed by atoms with Gasteiger partial charge in [0.25, 0.3) is 5.91 Å². The number of hydrogen-bond acceptors (Lipinski definition) is 3. The van der Waals surface area contributed by atoms with Gasteiger partial charge in [0.2, 0.25) is 6.10 Å². The molecule has 1 aliphatic heterocycles. The van der Waals surface area contributed by atoms with Gasteiger partial charge in [-0.1, -0.05) is 17.3 Å². The van der Waals surface area contributed by atoms with Crippen LogP contribution in [0, 0.1) is 11.6 Å². The number of carbonyl (C=O) groups excluding carboxylic acids is 1. The predicted octanol–water partition coefficient (Wildman–Crippen LogP) is 3.79. The van der Waals surface area contributed by atoms with E-state index < -0.39 is 35.4 Å². The van der Waals surface area contributed by atoms with Crippen LogP contribution < -0.4 is 5.32 Å². The van der Waals surface area contributed by atoms with E-state index in [1.807, 2.05) is 0 Å². The van der Waals surface area contributed by atoms with Gasteiger partial charge in [0.15, 0.2) is 0 Å². The van der Waals surface area contributed by atoms with Gasteiger partial charge >= 0.3 is 6.18 Å². The Balaban J connectivity index is 1.60. The van der Waals surface area contributed by atoms with Crippen LogP contribution in [0.3, 0.4) is 0 Å². The molecule has 1 unspecified atom stereocenters. The average Bonchev–Trinajstić information content (AvgIpc) is 3.11. The van der Waals surface area contributed by atoms with Crippen LogP contribution in [0.1, 0.15) is 23.1 Å². The molecule has 0 spiro atoms. The molecule has 9 heteroatoms. The lowest BCUT2D eigenvalue weighted by atomic mass is 10.0. The molecule has 2 aromatic carbocycles. The molecule has 0 bridgehead atoms. The summed E-state index contributed by atoms with van der Waals surface area (Å²) in [7, 11) is 0. The number of rotatable bonds is 4. The highest BCUT2D eigenvalue weighted by atomic mass is 19.4. The minimum absolute atomic E-state index is 0.0752. The molecule has 3 rings (SSSR count). The van der Waals surface area contributed by atoms with Gasteiger partial charge < -0.3 is 10.2 Å². The van der Waals surface area contributed by atoms with Gasteiger partial charge in [-0.3, -0.25) is 4.79 Å². The lowest BCUT2D eigenvalue weighted by Gasteiger charge is -2.11. The van der Waals surface area contributed by atoms with E-state index in [4.69, 9.17) is 4.84 Å². The first-order valence-electron chi connectivity index (χ1n) is 7.86. The number of carbonyl (C=O) groups is 1. The van der Waals surface area contributed by atoms with Gasteiger partial charge in [-0.05, 0) is 35.9 Å². The summed E-state index contributed by atoms with van der Waals surface area (Å²) < 4.78 is 65.1. The second-order valence-electron chi connectivity index (χ2n) is 5.88. The first-order chi connectivity index (χ1) is 12.7. The number of nitrogens with one attached hydrogen (secondary N) is 1. The fourth-order valence-corrected chi connectivity index (χ4v) is 2.56. The highest BCUT2D eigenvalue weighted by Crippen LogP contribution is 2.29. The molecule has 0 saturated heterocycles. The minimum atomic E-state index is -4.48. The SMILES string of the molecule is O=C(NCc1cccc(C(F)(F)F)c1)C1CC(c2cc(F)ccc2F)=NO1. The molecule has 1 amide bonds. The van der Waals surface area contributed by atoms with Crippen molar-refractivity contribution in [3.05, 3.63) is 70.8 Å². The molecule has 0 saturated carbocycles. The van der Waals surface area contributed by atoms with Crippen molar-refractivity contribution in [1.82, 2.24) is 5.32 Å². The molecule has 1 atom stereocenters. The van der Waals surface area contributed by atoms with Crippen LogP contribution in [0.5, 0.6) is 0 Å². The molecule has 4 nitrogen and oxygen atoms in total. The molecule has 0 fully saturated rings. The number of amides is 1. The fraction of sp³-hybridized carbons (Fsp3) is 0.222. The van der Waals surface area contributed by atoms with E-state index >= 15 is 0 Å². The van der Waals surface area contributed by atoms with Crippen molar-refractivity contribution in [2.24, 2.45) is 5.16 Å². The normalized spacial score (nSPS) is 16.6. The molecular formula is C18H13F5N2O2. The summed E-state index contributed by atoms with van der Waals surface area (Å²) in [4.78, 5) is 17.1. The maximum absolute atomic E-state index is 13.8. The lowest BCUT2D eigenvalue weighted by Crippen LogP contribution is -2.34. The Labute approximate surface area is 150 Å². The summed E-state index contributed by atoms with van der Waals surface area (Å²) in [6, 6.07) is 7.38. The molecule has 1 N–H and O–H groups in total. The van der Waals surface area contributed by atoms with E-state index in [9.17, 15) is 26.7 Å². The monoisotopic (exact) mass is 384 g/mol. The maximum atomic E-state index is 13.8. The van der Waals surface area contributed by atoms with Crippen molar-refractivity contribution < 1.29 is 31.6 Å². The van der Waals surface area contributed by atoms with Crippen molar-refractivity contribution in [2.45, 2.75) is 25.2 Å². The third kappa shape index (κ3) is 4.42. The zero-order chi connectivity index (χ0) is 19.6. The highest BCUT2D eigenvalue weighted by Gasteiger charge is 2.31. The van der Waals surface area contributed by atoms with Crippen molar-refractivity contribution >= 4 is 11.6 Å². The predicted molar refractivity (Wildman–Crippen MR) is 85.7 cm³/mol. The smallest absolute Gasteiger partial charge is 0.382 e. The Morgan fingerprint density at radius 2 is 1.96 bits per heavy atom. The summed E-state index contributed by atoms with van der Waals surface area (Å²) in [5.41, 5.74) is -0.596. The molecule has 0 aromatic heterocycles. The second kappa shape index (κ2) is 7.34. The molecule has 0 radical (unpaired) electrons. The Morgan fingerprint density at radius 1 is 1.19 bits per heavy atom. The maximum Gasteiger partial charge on any atom is 0.416 e. The number of halogens is 5. The lowest BCUT2D eigenvalue weighted by molar-refractivity contribution is -0.137. The van der Waals surface area contributed by atoms with E-state index in [2.05, 4.69) is 10.5 Å². The third-order valence-corrected chi connectivity index (χ3v) is 3.92. The Morgan fingerprint density at radius 3 is 2.70 bits per heavy atom. The Hall–Kier alpha value is -2.97. The molecular weight excluding hydrogens is 371 g/mol. The minimum Gasteiger partial charge on any atom is -0.382 e. The van der Waals surface area contributed by atoms with Gasteiger partial charge in [0, 0.05) is 18.5 Å². The quantitative estimate of drug-likeness (QED) is 0.816. The summed E-state index contributed by atoms with van der Waals surface area (Å²) in [5, 5.41) is 6.06. The largest absolute Gasteiger partial charge is 0.416 e. The van der Waals surface area contributed by atoms with E-state index in [1.165, 1.54) is 12.1 Å². The number of oxime groups is 1. The Bertz CT molecular complexity index is 896. The van der Waals surface area contributed by atoms with Gasteiger partial charge in [0.05, 0.1) is 11.3 Å². The Kier molecular flexibility index (Phi) is 5.11. The van der Waals surface area contributed by atoms with Crippen LogP contribution in [-0.2, 0) is 22.4 Å². The van der Waals surface area contributed by atoms with Crippen LogP contribution in [0.4, 0.5) is 22.0 Å². The summed E-state index contributed by atoms with van der Waals surface area (Å²) in [6.45, 7) is -0.147. The summed E-state index contributed by atoms with van der Waals surface area (Å²) in [6.07, 6.45) is -5.64. The van der Waals surface area contributed by atoms with Crippen LogP contribution in [0.25, 0.3) is 0 Å². The average molecular weight is 384 g/mol. The number of benzene rings is 2. The molecule has 142 valence electrons. The standard InChI is InChI=1S/C18H13F5N2O2/c19-12-4-5-14(20)13(7-12)15-8-16(27-25-15)17(26)24-9-10-2-1-3-11(6-10)18(21,22)23/h1-7,16H,8-9H2,(H,24,26). The second-order valence-corrected chi connectivity index (χ2v) is 5.88. The molecule has 1 heterocycles. The van der Waals surface area contributed by atoms with E-state index in [-0.39, 0.29) is 29.8 Å². The van der Waals surface area contributed by atoms with E-state index in [1.54, 1.807) is 0 Å². The highest BCUT2D eigenvalue weighted by molar-refractivity contribution is 6.04.